The molecule has 192 valence electrons. The number of ketones is 1. The number of methoxy groups -OCH3 is 2. The van der Waals surface area contributed by atoms with E-state index in [1.165, 1.54) is 37.7 Å². The van der Waals surface area contributed by atoms with E-state index < -0.39 is 0 Å². The van der Waals surface area contributed by atoms with Crippen LogP contribution in [0.15, 0.2) is 42.0 Å². The Kier molecular flexibility index (Phi) is 11.8. The van der Waals surface area contributed by atoms with Crippen LogP contribution >= 0.6 is 0 Å². The zero-order valence-corrected chi connectivity index (χ0v) is 22.8. The van der Waals surface area contributed by atoms with E-state index in [0.717, 1.165) is 35.7 Å². The second kappa shape index (κ2) is 14.6. The molecule has 0 atom stereocenters. The molecule has 1 fully saturated rings. The Morgan fingerprint density at radius 3 is 2.29 bits per heavy atom. The Morgan fingerprint density at radius 2 is 1.74 bits per heavy atom. The number of ether oxygens (including phenoxy) is 2. The van der Waals surface area contributed by atoms with Crippen LogP contribution in [0.25, 0.3) is 5.70 Å². The van der Waals surface area contributed by atoms with Gasteiger partial charge in [-0.1, -0.05) is 64.5 Å². The van der Waals surface area contributed by atoms with E-state index >= 15 is 0 Å². The lowest BCUT2D eigenvalue weighted by Gasteiger charge is -2.15. The Bertz CT molecular complexity index is 1010. The van der Waals surface area contributed by atoms with Gasteiger partial charge in [0, 0.05) is 17.7 Å². The summed E-state index contributed by atoms with van der Waals surface area (Å²) in [5, 5.41) is 4.60. The van der Waals surface area contributed by atoms with Crippen molar-refractivity contribution in [1.82, 2.24) is 9.78 Å². The van der Waals surface area contributed by atoms with Gasteiger partial charge in [-0.2, -0.15) is 5.10 Å². The molecule has 0 bridgehead atoms. The number of hydrogen-bond acceptors (Lipinski definition) is 4. The lowest BCUT2D eigenvalue weighted by Crippen LogP contribution is -2.06. The van der Waals surface area contributed by atoms with Crippen molar-refractivity contribution >= 4 is 11.5 Å². The molecule has 3 rings (SSSR count). The maximum absolute atomic E-state index is 12.3. The van der Waals surface area contributed by atoms with Gasteiger partial charge in [0.2, 0.25) is 0 Å². The van der Waals surface area contributed by atoms with Crippen molar-refractivity contribution in [2.75, 3.05) is 14.2 Å². The monoisotopic (exact) mass is 480 g/mol. The lowest BCUT2D eigenvalue weighted by atomic mass is 9.91. The van der Waals surface area contributed by atoms with Crippen molar-refractivity contribution in [3.63, 3.8) is 0 Å². The molecular formula is C30H44N2O3. The predicted octanol–water partition coefficient (Wildman–Crippen LogP) is 8.02. The first-order valence-corrected chi connectivity index (χ1v) is 13.0. The van der Waals surface area contributed by atoms with Gasteiger partial charge in [-0.15, -0.1) is 0 Å². The minimum absolute atomic E-state index is 0.0660. The van der Waals surface area contributed by atoms with E-state index in [-0.39, 0.29) is 5.78 Å². The third-order valence-corrected chi connectivity index (χ3v) is 6.53. The lowest BCUT2D eigenvalue weighted by molar-refractivity contribution is 0.0976. The summed E-state index contributed by atoms with van der Waals surface area (Å²) in [7, 11) is 3.23. The summed E-state index contributed by atoms with van der Waals surface area (Å²) in [6.07, 6.45) is 13.8. The molecule has 0 spiro atoms. The van der Waals surface area contributed by atoms with Gasteiger partial charge < -0.3 is 9.47 Å². The van der Waals surface area contributed by atoms with Crippen LogP contribution in [0, 0.1) is 12.8 Å². The van der Waals surface area contributed by atoms with Crippen LogP contribution in [0.2, 0.25) is 0 Å². The van der Waals surface area contributed by atoms with Gasteiger partial charge in [-0.3, -0.25) is 4.79 Å². The number of rotatable bonds is 9. The number of Topliss-reactive ketones (excluding diaryl/α,β-unsaturated/α-hetero) is 1. The van der Waals surface area contributed by atoms with E-state index in [4.69, 9.17) is 9.47 Å². The summed E-state index contributed by atoms with van der Waals surface area (Å²) in [6, 6.07) is 7.62. The maximum Gasteiger partial charge on any atom is 0.183 e. The van der Waals surface area contributed by atoms with E-state index in [9.17, 15) is 4.79 Å². The molecule has 0 aliphatic heterocycles. The molecule has 5 heteroatoms. The van der Waals surface area contributed by atoms with Gasteiger partial charge >= 0.3 is 0 Å². The van der Waals surface area contributed by atoms with Crippen molar-refractivity contribution in [3.05, 3.63) is 58.9 Å². The average molecular weight is 481 g/mol. The molecule has 0 saturated heterocycles. The Morgan fingerprint density at radius 1 is 1.06 bits per heavy atom. The van der Waals surface area contributed by atoms with Crippen LogP contribution in [0.3, 0.4) is 0 Å². The van der Waals surface area contributed by atoms with Gasteiger partial charge in [-0.25, -0.2) is 4.68 Å². The molecule has 1 heterocycles. The van der Waals surface area contributed by atoms with Gasteiger partial charge in [0.1, 0.15) is 5.69 Å². The molecule has 1 aliphatic carbocycles. The van der Waals surface area contributed by atoms with Crippen LogP contribution in [-0.4, -0.2) is 29.8 Å². The smallest absolute Gasteiger partial charge is 0.183 e. The van der Waals surface area contributed by atoms with Gasteiger partial charge in [0.05, 0.1) is 19.9 Å². The third-order valence-electron chi connectivity index (χ3n) is 6.53. The summed E-state index contributed by atoms with van der Waals surface area (Å²) < 4.78 is 12.6. The van der Waals surface area contributed by atoms with Crippen LogP contribution < -0.4 is 9.47 Å². The second-order valence-corrected chi connectivity index (χ2v) is 9.49. The molecule has 5 nitrogen and oxygen atoms in total. The highest BCUT2D eigenvalue weighted by Crippen LogP contribution is 2.31. The summed E-state index contributed by atoms with van der Waals surface area (Å²) in [5.41, 5.74) is 4.47. The summed E-state index contributed by atoms with van der Waals surface area (Å²) >= 11 is 0. The van der Waals surface area contributed by atoms with Gasteiger partial charge in [0.25, 0.3) is 0 Å². The summed E-state index contributed by atoms with van der Waals surface area (Å²) in [6.45, 7) is 10.5. The molecule has 0 unspecified atom stereocenters. The minimum Gasteiger partial charge on any atom is -0.493 e. The number of allylic oxidation sites excluding steroid dienone is 3. The van der Waals surface area contributed by atoms with E-state index in [1.807, 2.05) is 48.9 Å². The summed E-state index contributed by atoms with van der Waals surface area (Å²) in [4.78, 5) is 12.3. The molecule has 35 heavy (non-hydrogen) atoms. The second-order valence-electron chi connectivity index (χ2n) is 9.49. The molecule has 2 aromatic rings. The first-order chi connectivity index (χ1) is 16.8. The van der Waals surface area contributed by atoms with Gasteiger partial charge in [0.15, 0.2) is 17.3 Å². The molecule has 1 aliphatic rings. The van der Waals surface area contributed by atoms with Crippen molar-refractivity contribution in [3.8, 4) is 11.5 Å². The normalized spacial score (nSPS) is 14.8. The van der Waals surface area contributed by atoms with Crippen molar-refractivity contribution in [2.45, 2.75) is 86.0 Å². The Labute approximate surface area is 212 Å². The van der Waals surface area contributed by atoms with Gasteiger partial charge in [-0.05, 0) is 62.9 Å². The fourth-order valence-corrected chi connectivity index (χ4v) is 4.14. The minimum atomic E-state index is 0.0660. The molecule has 0 radical (unpaired) electrons. The van der Waals surface area contributed by atoms with Crippen LogP contribution in [-0.2, 0) is 0 Å². The topological polar surface area (TPSA) is 53.4 Å². The van der Waals surface area contributed by atoms with Crippen molar-refractivity contribution < 1.29 is 14.3 Å². The number of carbonyl (C=O) groups excluding carboxylic acids is 1. The number of aryl methyl sites for hydroxylation is 1. The number of benzene rings is 1. The first-order valence-electron chi connectivity index (χ1n) is 13.0. The number of carbonyl (C=O) groups is 1. The van der Waals surface area contributed by atoms with Crippen molar-refractivity contribution in [2.24, 2.45) is 5.92 Å². The van der Waals surface area contributed by atoms with Crippen LogP contribution in [0.1, 0.15) is 101 Å². The number of aromatic nitrogens is 2. The maximum atomic E-state index is 12.3. The quantitative estimate of drug-likeness (QED) is 0.269. The van der Waals surface area contributed by atoms with Crippen LogP contribution in [0.5, 0.6) is 11.5 Å². The summed E-state index contributed by atoms with van der Waals surface area (Å²) in [5.74, 6) is 2.42. The average Bonchev–Trinajstić information content (AvgIpc) is 3.26. The molecular weight excluding hydrogens is 436 g/mol. The van der Waals surface area contributed by atoms with E-state index in [1.54, 1.807) is 14.2 Å². The standard InChI is InChI=1S/C23H30N2O3.C7H14/c1-7-9-21(26)19-14-17(4)25(24-19)20(12-10-16(3)8-2)18-11-13-22(27-5)23(15-18)28-6;1-7-5-3-2-4-6-7/h10-15H,7-9H2,1-6H3;7H,2-6H2,1H3/b16-10?,20-12-;. The molecule has 1 aromatic carbocycles. The van der Waals surface area contributed by atoms with E-state index in [0.29, 0.717) is 23.6 Å². The third kappa shape index (κ3) is 8.41. The predicted molar refractivity (Wildman–Crippen MR) is 145 cm³/mol. The highest BCUT2D eigenvalue weighted by molar-refractivity contribution is 5.94. The zero-order valence-electron chi connectivity index (χ0n) is 22.8. The zero-order chi connectivity index (χ0) is 25.8. The van der Waals surface area contributed by atoms with E-state index in [2.05, 4.69) is 31.9 Å². The highest BCUT2D eigenvalue weighted by Gasteiger charge is 2.16. The molecule has 1 aromatic heterocycles. The first kappa shape index (κ1) is 28.4. The Balaban J connectivity index is 0.000000527. The largest absolute Gasteiger partial charge is 0.493 e. The SMILES string of the molecule is CC1CCCCC1.CCCC(=O)c1cc(C)n(/C(=C\C=C(C)CC)c2ccc(OC)c(OC)c2)n1. The van der Waals surface area contributed by atoms with Crippen LogP contribution in [0.4, 0.5) is 0 Å². The fraction of sp³-hybridized carbons (Fsp3) is 0.533. The molecule has 0 amide bonds. The fourth-order valence-electron chi connectivity index (χ4n) is 4.14. The molecule has 0 N–H and O–H groups in total. The number of hydrogen-bond donors (Lipinski definition) is 0. The highest BCUT2D eigenvalue weighted by atomic mass is 16.5. The Hall–Kier alpha value is -2.82. The molecule has 1 saturated carbocycles. The van der Waals surface area contributed by atoms with Crippen molar-refractivity contribution in [1.29, 1.82) is 0 Å². The number of nitrogens with zero attached hydrogens (tertiary/aromatic N) is 2.